The Labute approximate surface area is 90.8 Å². The Morgan fingerprint density at radius 2 is 1.93 bits per heavy atom. The fraction of sp³-hybridized carbons (Fsp3) is 0.300. The second kappa shape index (κ2) is 5.07. The van der Waals surface area contributed by atoms with Gasteiger partial charge in [0, 0.05) is 11.4 Å². The molecule has 2 nitrogen and oxygen atoms in total. The fourth-order valence-corrected chi connectivity index (χ4v) is 1.27. The zero-order valence-electron chi connectivity index (χ0n) is 8.02. The molecule has 0 unspecified atom stereocenters. The molecule has 0 atom stereocenters. The molecule has 5 heteroatoms. The van der Waals surface area contributed by atoms with Gasteiger partial charge in [0.25, 0.3) is 0 Å². The lowest BCUT2D eigenvalue weighted by Crippen LogP contribution is -2.08. The van der Waals surface area contributed by atoms with Crippen molar-refractivity contribution in [1.82, 2.24) is 0 Å². The highest BCUT2D eigenvalue weighted by Gasteiger charge is 2.14. The van der Waals surface area contributed by atoms with Gasteiger partial charge in [0.15, 0.2) is 0 Å². The molecule has 0 amide bonds. The summed E-state index contributed by atoms with van der Waals surface area (Å²) in [7, 11) is 1.16. The molecule has 1 rings (SSSR count). The Kier molecular flexibility index (Phi) is 4.03. The van der Waals surface area contributed by atoms with E-state index in [1.165, 1.54) is 0 Å². The van der Waals surface area contributed by atoms with Crippen LogP contribution in [0.1, 0.15) is 11.1 Å². The van der Waals surface area contributed by atoms with Crippen molar-refractivity contribution in [2.75, 3.05) is 7.11 Å². The summed E-state index contributed by atoms with van der Waals surface area (Å²) in [5, 5.41) is 0. The lowest BCUT2D eigenvalue weighted by atomic mass is 10.1. The zero-order chi connectivity index (χ0) is 11.4. The summed E-state index contributed by atoms with van der Waals surface area (Å²) in [6, 6.07) is 2.21. The number of alkyl halides is 1. The van der Waals surface area contributed by atoms with Crippen molar-refractivity contribution in [3.05, 3.63) is 34.9 Å². The number of benzene rings is 1. The molecule has 0 saturated carbocycles. The Morgan fingerprint density at radius 3 is 2.33 bits per heavy atom. The molecule has 0 heterocycles. The van der Waals surface area contributed by atoms with E-state index in [0.29, 0.717) is 5.56 Å². The highest BCUT2D eigenvalue weighted by Crippen LogP contribution is 2.17. The molecule has 1 aromatic rings. The number of carbonyl (C=O) groups is 1. The van der Waals surface area contributed by atoms with Crippen molar-refractivity contribution in [3.63, 3.8) is 0 Å². The molecule has 15 heavy (non-hydrogen) atoms. The van der Waals surface area contributed by atoms with Crippen molar-refractivity contribution in [2.24, 2.45) is 0 Å². The minimum absolute atomic E-state index is 0.0202. The maximum Gasteiger partial charge on any atom is 0.310 e. The molecule has 0 aliphatic rings. The molecule has 0 spiro atoms. The van der Waals surface area contributed by atoms with Crippen LogP contribution in [0.15, 0.2) is 12.1 Å². The molecular weight excluding hydrogens is 226 g/mol. The van der Waals surface area contributed by atoms with E-state index in [4.69, 9.17) is 11.6 Å². The lowest BCUT2D eigenvalue weighted by Gasteiger charge is -2.05. The van der Waals surface area contributed by atoms with Crippen LogP contribution in [-0.4, -0.2) is 13.1 Å². The summed E-state index contributed by atoms with van der Waals surface area (Å²) in [5.41, 5.74) is 0.0380. The quantitative estimate of drug-likeness (QED) is 0.593. The summed E-state index contributed by atoms with van der Waals surface area (Å²) in [5.74, 6) is -2.23. The number of hydrogen-bond acceptors (Lipinski definition) is 2. The third-order valence-corrected chi connectivity index (χ3v) is 2.21. The predicted octanol–water partition coefficient (Wildman–Crippen LogP) is 2.42. The number of esters is 1. The van der Waals surface area contributed by atoms with Gasteiger partial charge in [-0.25, -0.2) is 8.78 Å². The Balaban J connectivity index is 3.03. The summed E-state index contributed by atoms with van der Waals surface area (Å²) in [4.78, 5) is 10.9. The monoisotopic (exact) mass is 234 g/mol. The van der Waals surface area contributed by atoms with Crippen LogP contribution >= 0.6 is 11.6 Å². The summed E-state index contributed by atoms with van der Waals surface area (Å²) in [6.07, 6.45) is -0.420. The maximum absolute atomic E-state index is 13.3. The zero-order valence-corrected chi connectivity index (χ0v) is 8.78. The predicted molar refractivity (Wildman–Crippen MR) is 51.6 cm³/mol. The summed E-state index contributed by atoms with van der Waals surface area (Å²) in [6.45, 7) is 0. The average Bonchev–Trinajstić information content (AvgIpc) is 2.22. The van der Waals surface area contributed by atoms with Gasteiger partial charge in [-0.05, 0) is 17.7 Å². The van der Waals surface area contributed by atoms with Gasteiger partial charge in [-0.2, -0.15) is 0 Å². The smallest absolute Gasteiger partial charge is 0.310 e. The topological polar surface area (TPSA) is 26.3 Å². The van der Waals surface area contributed by atoms with Crippen molar-refractivity contribution in [1.29, 1.82) is 0 Å². The van der Waals surface area contributed by atoms with Gasteiger partial charge in [-0.1, -0.05) is 0 Å². The molecule has 0 aliphatic carbocycles. The highest BCUT2D eigenvalue weighted by atomic mass is 35.5. The molecule has 1 aromatic carbocycles. The second-order valence-electron chi connectivity index (χ2n) is 2.92. The van der Waals surface area contributed by atoms with E-state index in [1.54, 1.807) is 0 Å². The highest BCUT2D eigenvalue weighted by molar-refractivity contribution is 6.17. The van der Waals surface area contributed by atoms with Crippen LogP contribution in [0.5, 0.6) is 0 Å². The lowest BCUT2D eigenvalue weighted by molar-refractivity contribution is -0.139. The van der Waals surface area contributed by atoms with Gasteiger partial charge >= 0.3 is 5.97 Å². The molecule has 0 saturated heterocycles. The second-order valence-corrected chi connectivity index (χ2v) is 3.19. The molecule has 0 N–H and O–H groups in total. The van der Waals surface area contributed by atoms with Crippen LogP contribution in [0.3, 0.4) is 0 Å². The summed E-state index contributed by atoms with van der Waals surface area (Å²) < 4.78 is 30.9. The minimum Gasteiger partial charge on any atom is -0.469 e. The Hall–Kier alpha value is -1.16. The van der Waals surface area contributed by atoms with Crippen molar-refractivity contribution in [3.8, 4) is 0 Å². The first-order chi connectivity index (χ1) is 7.08. The van der Waals surface area contributed by atoms with Gasteiger partial charge in [0.2, 0.25) is 0 Å². The minimum atomic E-state index is -0.781. The first-order valence-electron chi connectivity index (χ1n) is 4.18. The molecule has 82 valence electrons. The first kappa shape index (κ1) is 11.9. The van der Waals surface area contributed by atoms with E-state index in [0.717, 1.165) is 19.2 Å². The van der Waals surface area contributed by atoms with Gasteiger partial charge in [0.05, 0.1) is 13.5 Å². The average molecular weight is 235 g/mol. The third-order valence-electron chi connectivity index (χ3n) is 1.90. The van der Waals surface area contributed by atoms with Crippen molar-refractivity contribution >= 4 is 17.6 Å². The van der Waals surface area contributed by atoms with E-state index >= 15 is 0 Å². The van der Waals surface area contributed by atoms with Crippen molar-refractivity contribution in [2.45, 2.75) is 12.3 Å². The standard InChI is InChI=1S/C10H9ClF2O2/c1-15-10(14)4-7-8(12)2-6(5-11)3-9(7)13/h2-3H,4-5H2,1H3. The fourth-order valence-electron chi connectivity index (χ4n) is 1.12. The van der Waals surface area contributed by atoms with Crippen molar-refractivity contribution < 1.29 is 18.3 Å². The van der Waals surface area contributed by atoms with Gasteiger partial charge in [-0.15, -0.1) is 11.6 Å². The number of halogens is 3. The number of hydrogen-bond donors (Lipinski definition) is 0. The normalized spacial score (nSPS) is 10.1. The SMILES string of the molecule is COC(=O)Cc1c(F)cc(CCl)cc1F. The van der Waals surface area contributed by atoms with Gasteiger partial charge in [-0.3, -0.25) is 4.79 Å². The van der Waals surface area contributed by atoms with E-state index in [9.17, 15) is 13.6 Å². The van der Waals surface area contributed by atoms with E-state index < -0.39 is 24.0 Å². The number of methoxy groups -OCH3 is 1. The van der Waals surface area contributed by atoms with Gasteiger partial charge in [0.1, 0.15) is 11.6 Å². The molecule has 0 aliphatic heterocycles. The molecule has 0 radical (unpaired) electrons. The van der Waals surface area contributed by atoms with Crippen LogP contribution in [0.4, 0.5) is 8.78 Å². The Morgan fingerprint density at radius 1 is 1.40 bits per heavy atom. The third kappa shape index (κ3) is 2.89. The molecular formula is C10H9ClF2O2. The maximum atomic E-state index is 13.3. The molecule has 0 aromatic heterocycles. The van der Waals surface area contributed by atoms with E-state index in [1.807, 2.05) is 0 Å². The molecule has 0 bridgehead atoms. The van der Waals surface area contributed by atoms with Gasteiger partial charge < -0.3 is 4.74 Å². The van der Waals surface area contributed by atoms with Crippen LogP contribution in [0.25, 0.3) is 0 Å². The number of carbonyl (C=O) groups excluding carboxylic acids is 1. The van der Waals surface area contributed by atoms with Crippen LogP contribution in [0.2, 0.25) is 0 Å². The van der Waals surface area contributed by atoms with E-state index in [2.05, 4.69) is 4.74 Å². The number of rotatable bonds is 3. The first-order valence-corrected chi connectivity index (χ1v) is 4.71. The summed E-state index contributed by atoms with van der Waals surface area (Å²) >= 11 is 5.43. The van der Waals surface area contributed by atoms with Crippen LogP contribution < -0.4 is 0 Å². The number of ether oxygens (including phenoxy) is 1. The molecule has 0 fully saturated rings. The van der Waals surface area contributed by atoms with E-state index in [-0.39, 0.29) is 11.4 Å². The van der Waals surface area contributed by atoms with Crippen LogP contribution in [0, 0.1) is 11.6 Å². The Bertz CT molecular complexity index is 357. The largest absolute Gasteiger partial charge is 0.469 e. The van der Waals surface area contributed by atoms with Crippen LogP contribution in [-0.2, 0) is 21.8 Å².